The number of carbonyl (C=O) groups excluding carboxylic acids is 1. The summed E-state index contributed by atoms with van der Waals surface area (Å²) < 4.78 is 0. The lowest BCUT2D eigenvalue weighted by atomic mass is 10.1. The van der Waals surface area contributed by atoms with Gasteiger partial charge in [0, 0.05) is 29.7 Å². The second kappa shape index (κ2) is 7.10. The average Bonchev–Trinajstić information content (AvgIpc) is 2.87. The number of benzene rings is 1. The van der Waals surface area contributed by atoms with Crippen LogP contribution in [0, 0.1) is 0 Å². The van der Waals surface area contributed by atoms with Crippen LogP contribution in [-0.2, 0) is 11.2 Å². The minimum absolute atomic E-state index is 0.0429. The molecule has 2 aromatic rings. The van der Waals surface area contributed by atoms with Gasteiger partial charge in [0.2, 0.25) is 5.91 Å². The zero-order valence-corrected chi connectivity index (χ0v) is 12.0. The Labute approximate surface area is 119 Å². The Bertz CT molecular complexity index is 562. The van der Waals surface area contributed by atoms with Crippen molar-refractivity contribution in [2.24, 2.45) is 5.73 Å². The molecule has 0 spiro atoms. The number of unbranched alkanes of at least 4 members (excludes halogenated alkanes) is 1. The number of hydrogen-bond acceptors (Lipinski definition) is 2. The first kappa shape index (κ1) is 14.6. The summed E-state index contributed by atoms with van der Waals surface area (Å²) in [6.07, 6.45) is 5.47. The van der Waals surface area contributed by atoms with Crippen LogP contribution < -0.4 is 11.1 Å². The molecule has 1 unspecified atom stereocenters. The van der Waals surface area contributed by atoms with E-state index >= 15 is 0 Å². The van der Waals surface area contributed by atoms with E-state index in [2.05, 4.69) is 17.2 Å². The normalized spacial score (nSPS) is 12.5. The van der Waals surface area contributed by atoms with E-state index in [1.54, 1.807) is 0 Å². The quantitative estimate of drug-likeness (QED) is 0.724. The standard InChI is InChI=1S/C16H23N3O/c1-2-3-6-13(10-17)19-16(20)9-12-11-18-15-8-5-4-7-14(12)15/h4-5,7-8,11,13,18H,2-3,6,9-10,17H2,1H3,(H,19,20). The number of nitrogens with one attached hydrogen (secondary N) is 2. The SMILES string of the molecule is CCCCC(CN)NC(=O)Cc1c[nH]c2ccccc12. The van der Waals surface area contributed by atoms with Crippen LogP contribution in [0.3, 0.4) is 0 Å². The Morgan fingerprint density at radius 3 is 2.95 bits per heavy atom. The van der Waals surface area contributed by atoms with Gasteiger partial charge in [-0.1, -0.05) is 38.0 Å². The lowest BCUT2D eigenvalue weighted by Gasteiger charge is -2.16. The van der Waals surface area contributed by atoms with Gasteiger partial charge in [-0.25, -0.2) is 0 Å². The van der Waals surface area contributed by atoms with Crippen LogP contribution in [0.4, 0.5) is 0 Å². The van der Waals surface area contributed by atoms with Crippen molar-refractivity contribution in [3.63, 3.8) is 0 Å². The molecular formula is C16H23N3O. The Morgan fingerprint density at radius 1 is 1.40 bits per heavy atom. The highest BCUT2D eigenvalue weighted by atomic mass is 16.1. The Morgan fingerprint density at radius 2 is 2.20 bits per heavy atom. The van der Waals surface area contributed by atoms with Crippen LogP contribution in [0.1, 0.15) is 31.7 Å². The molecule has 108 valence electrons. The highest BCUT2D eigenvalue weighted by molar-refractivity contribution is 5.88. The second-order valence-corrected chi connectivity index (χ2v) is 5.18. The highest BCUT2D eigenvalue weighted by Crippen LogP contribution is 2.18. The van der Waals surface area contributed by atoms with Gasteiger partial charge in [0.1, 0.15) is 0 Å². The first-order valence-corrected chi connectivity index (χ1v) is 7.29. The van der Waals surface area contributed by atoms with Crippen molar-refractivity contribution in [2.75, 3.05) is 6.54 Å². The molecule has 0 bridgehead atoms. The minimum atomic E-state index is 0.0429. The van der Waals surface area contributed by atoms with Gasteiger partial charge in [-0.05, 0) is 18.1 Å². The molecule has 0 aliphatic rings. The average molecular weight is 273 g/mol. The van der Waals surface area contributed by atoms with E-state index in [4.69, 9.17) is 5.73 Å². The van der Waals surface area contributed by atoms with E-state index in [1.165, 1.54) is 0 Å². The molecule has 4 nitrogen and oxygen atoms in total. The molecule has 0 aliphatic carbocycles. The summed E-state index contributed by atoms with van der Waals surface area (Å²) in [5.74, 6) is 0.0429. The lowest BCUT2D eigenvalue weighted by molar-refractivity contribution is -0.121. The van der Waals surface area contributed by atoms with Crippen molar-refractivity contribution in [3.8, 4) is 0 Å². The molecule has 1 aromatic heterocycles. The van der Waals surface area contributed by atoms with Crippen LogP contribution in [0.2, 0.25) is 0 Å². The first-order valence-electron chi connectivity index (χ1n) is 7.29. The molecule has 1 atom stereocenters. The zero-order valence-electron chi connectivity index (χ0n) is 12.0. The molecule has 1 aromatic carbocycles. The number of para-hydroxylation sites is 1. The predicted octanol–water partition coefficient (Wildman–Crippen LogP) is 2.34. The Kier molecular flexibility index (Phi) is 5.18. The Balaban J connectivity index is 1.97. The number of fused-ring (bicyclic) bond motifs is 1. The number of aromatic nitrogens is 1. The van der Waals surface area contributed by atoms with Crippen LogP contribution >= 0.6 is 0 Å². The van der Waals surface area contributed by atoms with Crippen molar-refractivity contribution >= 4 is 16.8 Å². The van der Waals surface area contributed by atoms with Crippen molar-refractivity contribution < 1.29 is 4.79 Å². The molecular weight excluding hydrogens is 250 g/mol. The number of rotatable bonds is 7. The van der Waals surface area contributed by atoms with E-state index in [1.807, 2.05) is 30.5 Å². The molecule has 0 fully saturated rings. The molecule has 2 rings (SSSR count). The van der Waals surface area contributed by atoms with Crippen LogP contribution in [0.25, 0.3) is 10.9 Å². The third kappa shape index (κ3) is 3.61. The summed E-state index contributed by atoms with van der Waals surface area (Å²) in [5.41, 5.74) is 7.80. The number of hydrogen-bond donors (Lipinski definition) is 3. The van der Waals surface area contributed by atoms with Crippen molar-refractivity contribution in [1.29, 1.82) is 0 Å². The van der Waals surface area contributed by atoms with Crippen molar-refractivity contribution in [2.45, 2.75) is 38.6 Å². The van der Waals surface area contributed by atoms with E-state index in [0.29, 0.717) is 13.0 Å². The topological polar surface area (TPSA) is 70.9 Å². The fraction of sp³-hybridized carbons (Fsp3) is 0.438. The van der Waals surface area contributed by atoms with Crippen LogP contribution in [-0.4, -0.2) is 23.5 Å². The zero-order chi connectivity index (χ0) is 14.4. The maximum absolute atomic E-state index is 12.1. The van der Waals surface area contributed by atoms with Gasteiger partial charge >= 0.3 is 0 Å². The van der Waals surface area contributed by atoms with Gasteiger partial charge in [0.05, 0.1) is 6.42 Å². The molecule has 0 saturated carbocycles. The van der Waals surface area contributed by atoms with Gasteiger partial charge in [0.25, 0.3) is 0 Å². The molecule has 4 N–H and O–H groups in total. The Hall–Kier alpha value is -1.81. The third-order valence-electron chi connectivity index (χ3n) is 3.58. The number of H-pyrrole nitrogens is 1. The van der Waals surface area contributed by atoms with Crippen molar-refractivity contribution in [3.05, 3.63) is 36.0 Å². The third-order valence-corrected chi connectivity index (χ3v) is 3.58. The molecule has 1 amide bonds. The highest BCUT2D eigenvalue weighted by Gasteiger charge is 2.12. The molecule has 0 saturated heterocycles. The maximum atomic E-state index is 12.1. The van der Waals surface area contributed by atoms with Gasteiger partial charge in [-0.2, -0.15) is 0 Å². The molecule has 0 radical (unpaired) electrons. The fourth-order valence-corrected chi connectivity index (χ4v) is 2.43. The number of amides is 1. The molecule has 0 aliphatic heterocycles. The van der Waals surface area contributed by atoms with Gasteiger partial charge in [-0.15, -0.1) is 0 Å². The largest absolute Gasteiger partial charge is 0.361 e. The molecule has 4 heteroatoms. The van der Waals surface area contributed by atoms with E-state index in [9.17, 15) is 4.79 Å². The molecule has 20 heavy (non-hydrogen) atoms. The van der Waals surface area contributed by atoms with Gasteiger partial charge in [0.15, 0.2) is 0 Å². The van der Waals surface area contributed by atoms with Gasteiger partial charge in [-0.3, -0.25) is 4.79 Å². The van der Waals surface area contributed by atoms with Crippen molar-refractivity contribution in [1.82, 2.24) is 10.3 Å². The van der Waals surface area contributed by atoms with Gasteiger partial charge < -0.3 is 16.0 Å². The summed E-state index contributed by atoms with van der Waals surface area (Å²) >= 11 is 0. The van der Waals surface area contributed by atoms with Crippen LogP contribution in [0.15, 0.2) is 30.5 Å². The molecule has 1 heterocycles. The lowest BCUT2D eigenvalue weighted by Crippen LogP contribution is -2.40. The van der Waals surface area contributed by atoms with E-state index < -0.39 is 0 Å². The second-order valence-electron chi connectivity index (χ2n) is 5.18. The van der Waals surface area contributed by atoms with E-state index in [0.717, 1.165) is 35.7 Å². The summed E-state index contributed by atoms with van der Waals surface area (Å²) in [5, 5.41) is 4.14. The maximum Gasteiger partial charge on any atom is 0.224 e. The summed E-state index contributed by atoms with van der Waals surface area (Å²) in [4.78, 5) is 15.3. The first-order chi connectivity index (χ1) is 9.74. The monoisotopic (exact) mass is 273 g/mol. The minimum Gasteiger partial charge on any atom is -0.361 e. The summed E-state index contributed by atoms with van der Waals surface area (Å²) in [6.45, 7) is 2.64. The number of carbonyl (C=O) groups is 1. The van der Waals surface area contributed by atoms with E-state index in [-0.39, 0.29) is 11.9 Å². The fourth-order valence-electron chi connectivity index (χ4n) is 2.43. The predicted molar refractivity (Wildman–Crippen MR) is 82.5 cm³/mol. The summed E-state index contributed by atoms with van der Waals surface area (Å²) in [6, 6.07) is 8.11. The van der Waals surface area contributed by atoms with Crippen LogP contribution in [0.5, 0.6) is 0 Å². The summed E-state index contributed by atoms with van der Waals surface area (Å²) in [7, 11) is 0. The number of aromatic amines is 1. The smallest absolute Gasteiger partial charge is 0.224 e. The number of nitrogens with two attached hydrogens (primary N) is 1.